The van der Waals surface area contributed by atoms with E-state index in [1.807, 2.05) is 0 Å². The summed E-state index contributed by atoms with van der Waals surface area (Å²) in [5.41, 5.74) is 0.296. The summed E-state index contributed by atoms with van der Waals surface area (Å²) < 4.78 is 38.1. The molecule has 2 heterocycles. The smallest absolute Gasteiger partial charge is 0.335 e. The Morgan fingerprint density at radius 2 is 2.00 bits per heavy atom. The van der Waals surface area contributed by atoms with E-state index in [1.165, 1.54) is 0 Å². The van der Waals surface area contributed by atoms with E-state index in [0.717, 1.165) is 11.8 Å². The van der Waals surface area contributed by atoms with Crippen molar-refractivity contribution < 1.29 is 13.2 Å². The number of halogens is 3. The molecule has 1 aromatic carbocycles. The van der Waals surface area contributed by atoms with E-state index in [2.05, 4.69) is 20.2 Å². The van der Waals surface area contributed by atoms with Crippen LogP contribution in [0.25, 0.3) is 10.9 Å². The minimum absolute atomic E-state index is 0.0644. The lowest BCUT2D eigenvalue weighted by molar-refractivity contribution is -0.146. The predicted octanol–water partition coefficient (Wildman–Crippen LogP) is 1.58. The second kappa shape index (κ2) is 6.15. The molecule has 0 saturated carbocycles. The number of benzene rings is 1. The Bertz CT molecular complexity index is 935. The third-order valence-corrected chi connectivity index (χ3v) is 4.09. The number of fused-ring (bicyclic) bond motifs is 1. The molecule has 3 aromatic rings. The molecule has 7 nitrogen and oxygen atoms in total. The maximum absolute atomic E-state index is 12.6. The molecule has 24 heavy (non-hydrogen) atoms. The molecule has 0 amide bonds. The Hall–Kier alpha value is -2.56. The quantitative estimate of drug-likeness (QED) is 0.544. The average molecular weight is 356 g/mol. The number of rotatable bonds is 4. The van der Waals surface area contributed by atoms with E-state index in [4.69, 9.17) is 5.84 Å². The molecule has 3 rings (SSSR count). The van der Waals surface area contributed by atoms with E-state index in [9.17, 15) is 18.0 Å². The van der Waals surface area contributed by atoms with Gasteiger partial charge in [-0.1, -0.05) is 23.9 Å². The molecule has 2 aromatic heterocycles. The number of hydrogen-bond acceptors (Lipinski definition) is 6. The SMILES string of the molecule is Nn1c(SCCc2nc3ccccc3c(=O)[nH]2)nnc1C(F)(F)F. The fourth-order valence-electron chi connectivity index (χ4n) is 2.06. The van der Waals surface area contributed by atoms with Crippen LogP contribution in [0.4, 0.5) is 13.2 Å². The molecule has 0 bridgehead atoms. The number of nitrogens with two attached hydrogens (primary N) is 1. The third-order valence-electron chi connectivity index (χ3n) is 3.15. The maximum Gasteiger partial charge on any atom is 0.453 e. The molecule has 0 aliphatic rings. The van der Waals surface area contributed by atoms with Crippen LogP contribution in [0.2, 0.25) is 0 Å². The number of aromatic amines is 1. The van der Waals surface area contributed by atoms with Gasteiger partial charge in [-0.2, -0.15) is 13.2 Å². The fourth-order valence-corrected chi connectivity index (χ4v) is 2.86. The maximum atomic E-state index is 12.6. The number of thioether (sulfide) groups is 1. The van der Waals surface area contributed by atoms with Crippen LogP contribution in [-0.2, 0) is 12.6 Å². The number of aryl methyl sites for hydroxylation is 1. The van der Waals surface area contributed by atoms with Crippen LogP contribution in [0.15, 0.2) is 34.2 Å². The summed E-state index contributed by atoms with van der Waals surface area (Å²) in [5, 5.41) is 6.87. The summed E-state index contributed by atoms with van der Waals surface area (Å²) in [7, 11) is 0. The Kier molecular flexibility index (Phi) is 4.18. The van der Waals surface area contributed by atoms with Crippen LogP contribution in [-0.4, -0.2) is 30.6 Å². The highest BCUT2D eigenvalue weighted by Crippen LogP contribution is 2.28. The van der Waals surface area contributed by atoms with Crippen LogP contribution in [0.5, 0.6) is 0 Å². The molecule has 0 aliphatic carbocycles. The van der Waals surface area contributed by atoms with Crippen molar-refractivity contribution in [2.45, 2.75) is 17.8 Å². The van der Waals surface area contributed by atoms with Gasteiger partial charge in [0.1, 0.15) is 5.82 Å². The van der Waals surface area contributed by atoms with Crippen molar-refractivity contribution in [2.24, 2.45) is 0 Å². The number of nitrogen functional groups attached to an aromatic ring is 1. The fraction of sp³-hybridized carbons (Fsp3) is 0.231. The number of nitrogens with zero attached hydrogens (tertiary/aromatic N) is 4. The van der Waals surface area contributed by atoms with Crippen LogP contribution >= 0.6 is 11.8 Å². The van der Waals surface area contributed by atoms with E-state index < -0.39 is 12.0 Å². The minimum atomic E-state index is -4.66. The van der Waals surface area contributed by atoms with Gasteiger partial charge in [-0.25, -0.2) is 9.66 Å². The first-order valence-corrected chi connectivity index (χ1v) is 7.73. The standard InChI is InChI=1S/C13H11F3N6OS/c14-13(15,16)11-20-21-12(22(11)17)24-6-5-9-18-8-4-2-1-3-7(8)10(23)19-9/h1-4H,5-6,17H2,(H,18,19,23). The number of H-pyrrole nitrogens is 1. The van der Waals surface area contributed by atoms with Gasteiger partial charge < -0.3 is 10.8 Å². The minimum Gasteiger partial charge on any atom is -0.335 e. The molecular formula is C13H11F3N6OS. The molecule has 0 spiro atoms. The largest absolute Gasteiger partial charge is 0.453 e. The van der Waals surface area contributed by atoms with Crippen molar-refractivity contribution >= 4 is 22.7 Å². The van der Waals surface area contributed by atoms with Gasteiger partial charge in [0.05, 0.1) is 10.9 Å². The molecule has 0 aliphatic heterocycles. The molecule has 0 fully saturated rings. The highest BCUT2D eigenvalue weighted by atomic mass is 32.2. The number of alkyl halides is 3. The number of aromatic nitrogens is 5. The zero-order valence-corrected chi connectivity index (χ0v) is 12.9. The van der Waals surface area contributed by atoms with E-state index >= 15 is 0 Å². The number of para-hydroxylation sites is 1. The van der Waals surface area contributed by atoms with E-state index in [1.54, 1.807) is 24.3 Å². The summed E-state index contributed by atoms with van der Waals surface area (Å²) >= 11 is 0.992. The summed E-state index contributed by atoms with van der Waals surface area (Å²) in [6.45, 7) is 0. The second-order valence-corrected chi connectivity index (χ2v) is 5.86. The zero-order valence-electron chi connectivity index (χ0n) is 12.0. The summed E-state index contributed by atoms with van der Waals surface area (Å²) in [5.74, 6) is 4.85. The molecule has 126 valence electrons. The van der Waals surface area contributed by atoms with Gasteiger partial charge in [0.25, 0.3) is 11.4 Å². The molecule has 0 saturated heterocycles. The van der Waals surface area contributed by atoms with Crippen LogP contribution in [0.1, 0.15) is 11.6 Å². The second-order valence-electron chi connectivity index (χ2n) is 4.80. The molecule has 0 radical (unpaired) electrons. The van der Waals surface area contributed by atoms with Crippen molar-refractivity contribution in [3.05, 3.63) is 46.3 Å². The van der Waals surface area contributed by atoms with Gasteiger partial charge >= 0.3 is 6.18 Å². The van der Waals surface area contributed by atoms with Gasteiger partial charge in [0, 0.05) is 12.2 Å². The Balaban J connectivity index is 1.71. The van der Waals surface area contributed by atoms with E-state index in [0.29, 0.717) is 33.6 Å². The molecule has 0 unspecified atom stereocenters. The first-order chi connectivity index (χ1) is 11.4. The number of hydrogen-bond donors (Lipinski definition) is 2. The van der Waals surface area contributed by atoms with Gasteiger partial charge in [-0.3, -0.25) is 4.79 Å². The third kappa shape index (κ3) is 3.20. The lowest BCUT2D eigenvalue weighted by Crippen LogP contribution is -2.21. The van der Waals surface area contributed by atoms with Gasteiger partial charge in [-0.05, 0) is 12.1 Å². The van der Waals surface area contributed by atoms with Crippen molar-refractivity contribution in [3.8, 4) is 0 Å². The van der Waals surface area contributed by atoms with Gasteiger partial charge in [0.2, 0.25) is 5.16 Å². The molecule has 0 atom stereocenters. The van der Waals surface area contributed by atoms with Crippen molar-refractivity contribution in [3.63, 3.8) is 0 Å². The molecular weight excluding hydrogens is 345 g/mol. The van der Waals surface area contributed by atoms with Gasteiger partial charge in [-0.15, -0.1) is 10.2 Å². The summed E-state index contributed by atoms with van der Waals surface area (Å²) in [6.07, 6.45) is -4.33. The topological polar surface area (TPSA) is 102 Å². The summed E-state index contributed by atoms with van der Waals surface area (Å²) in [4.78, 5) is 18.9. The Morgan fingerprint density at radius 3 is 2.71 bits per heavy atom. The van der Waals surface area contributed by atoms with Crippen molar-refractivity contribution in [1.82, 2.24) is 24.8 Å². The van der Waals surface area contributed by atoms with Gasteiger partial charge in [0.15, 0.2) is 0 Å². The highest BCUT2D eigenvalue weighted by Gasteiger charge is 2.38. The lowest BCUT2D eigenvalue weighted by atomic mass is 10.2. The highest BCUT2D eigenvalue weighted by molar-refractivity contribution is 7.99. The van der Waals surface area contributed by atoms with Crippen LogP contribution in [0, 0.1) is 0 Å². The lowest BCUT2D eigenvalue weighted by Gasteiger charge is -2.06. The normalized spacial score (nSPS) is 12.0. The predicted molar refractivity (Wildman–Crippen MR) is 82.0 cm³/mol. The Labute approximate surface area is 137 Å². The first kappa shape index (κ1) is 16.3. The average Bonchev–Trinajstić information content (AvgIpc) is 2.89. The zero-order chi connectivity index (χ0) is 17.3. The molecule has 11 heteroatoms. The van der Waals surface area contributed by atoms with Crippen LogP contribution in [0.3, 0.4) is 0 Å². The summed E-state index contributed by atoms with van der Waals surface area (Å²) in [6, 6.07) is 6.88. The van der Waals surface area contributed by atoms with Crippen molar-refractivity contribution in [2.75, 3.05) is 11.6 Å². The number of nitrogens with one attached hydrogen (secondary N) is 1. The van der Waals surface area contributed by atoms with Crippen LogP contribution < -0.4 is 11.4 Å². The van der Waals surface area contributed by atoms with E-state index in [-0.39, 0.29) is 10.7 Å². The Morgan fingerprint density at radius 1 is 1.25 bits per heavy atom. The molecule has 3 N–H and O–H groups in total. The van der Waals surface area contributed by atoms with Crippen molar-refractivity contribution in [1.29, 1.82) is 0 Å². The first-order valence-electron chi connectivity index (χ1n) is 6.74. The monoisotopic (exact) mass is 356 g/mol.